The molecule has 0 aliphatic heterocycles. The first-order valence-corrected chi connectivity index (χ1v) is 9.76. The molecule has 0 amide bonds. The maximum Gasteiger partial charge on any atom is 0.260 e. The highest BCUT2D eigenvalue weighted by Gasteiger charge is 2.21. The summed E-state index contributed by atoms with van der Waals surface area (Å²) < 4.78 is 28.2. The molecule has 4 rings (SSSR count). The number of halogens is 1. The molecule has 0 saturated carbocycles. The Labute approximate surface area is 182 Å². The number of nitrogens with zero attached hydrogens (tertiary/aromatic N) is 6. The fraction of sp³-hybridized carbons (Fsp3) is 0.227. The molecule has 0 fully saturated rings. The van der Waals surface area contributed by atoms with Gasteiger partial charge in [0.05, 0.1) is 35.9 Å². The van der Waals surface area contributed by atoms with Crippen molar-refractivity contribution in [1.82, 2.24) is 24.3 Å². The Morgan fingerprint density at radius 1 is 1.38 bits per heavy atom. The Morgan fingerprint density at radius 2 is 2.16 bits per heavy atom. The second-order valence-electron chi connectivity index (χ2n) is 7.28. The van der Waals surface area contributed by atoms with E-state index >= 15 is 0 Å². The summed E-state index contributed by atoms with van der Waals surface area (Å²) in [5.74, 6) is 0.758. The second kappa shape index (κ2) is 8.22. The largest absolute Gasteiger partial charge is 0.501 e. The van der Waals surface area contributed by atoms with Crippen LogP contribution in [0, 0.1) is 12.7 Å². The van der Waals surface area contributed by atoms with Gasteiger partial charge in [-0.3, -0.25) is 14.2 Å². The van der Waals surface area contributed by atoms with Crippen molar-refractivity contribution < 1.29 is 13.7 Å². The van der Waals surface area contributed by atoms with E-state index in [1.54, 1.807) is 51.4 Å². The van der Waals surface area contributed by atoms with Gasteiger partial charge < -0.3 is 13.8 Å². The summed E-state index contributed by atoms with van der Waals surface area (Å²) in [5, 5.41) is 12.0. The van der Waals surface area contributed by atoms with Gasteiger partial charge in [0.1, 0.15) is 0 Å². The van der Waals surface area contributed by atoms with Crippen molar-refractivity contribution in [3.05, 3.63) is 69.6 Å². The van der Waals surface area contributed by atoms with E-state index in [0.717, 1.165) is 0 Å². The fourth-order valence-corrected chi connectivity index (χ4v) is 3.41. The molecule has 0 aliphatic carbocycles. The van der Waals surface area contributed by atoms with Crippen molar-refractivity contribution in [2.45, 2.75) is 26.8 Å². The van der Waals surface area contributed by atoms with Gasteiger partial charge in [-0.25, -0.2) is 4.39 Å². The lowest BCUT2D eigenvalue weighted by Crippen LogP contribution is -2.26. The Bertz CT molecular complexity index is 1420. The van der Waals surface area contributed by atoms with E-state index in [0.29, 0.717) is 39.9 Å². The van der Waals surface area contributed by atoms with Crippen LogP contribution >= 0.6 is 0 Å². The normalized spacial score (nSPS) is 12.8. The van der Waals surface area contributed by atoms with Crippen LogP contribution in [0.1, 0.15) is 37.0 Å². The first-order valence-electron chi connectivity index (χ1n) is 9.76. The van der Waals surface area contributed by atoms with Gasteiger partial charge in [0, 0.05) is 24.0 Å². The highest BCUT2D eigenvalue weighted by Crippen LogP contribution is 2.26. The lowest BCUT2D eigenvalue weighted by atomic mass is 10.1. The van der Waals surface area contributed by atoms with Crippen LogP contribution < -0.4 is 5.56 Å². The van der Waals surface area contributed by atoms with Crippen LogP contribution in [-0.4, -0.2) is 38.1 Å². The Hall–Kier alpha value is -4.08. The minimum absolute atomic E-state index is 0.0413. The van der Waals surface area contributed by atoms with Crippen LogP contribution in [0.15, 0.2) is 50.7 Å². The van der Waals surface area contributed by atoms with Crippen molar-refractivity contribution in [2.24, 2.45) is 4.99 Å². The quantitative estimate of drug-likeness (QED) is 0.335. The number of allylic oxidation sites excluding steroid dienone is 1. The maximum absolute atomic E-state index is 14.7. The number of ether oxygens (including phenoxy) is 1. The van der Waals surface area contributed by atoms with Crippen molar-refractivity contribution in [3.8, 4) is 11.3 Å². The van der Waals surface area contributed by atoms with E-state index in [1.165, 1.54) is 22.1 Å². The molecule has 4 heterocycles. The molecule has 10 heteroatoms. The van der Waals surface area contributed by atoms with Crippen LogP contribution in [0.3, 0.4) is 0 Å². The van der Waals surface area contributed by atoms with Gasteiger partial charge in [0.25, 0.3) is 5.56 Å². The molecular formula is C22H21FN6O3. The summed E-state index contributed by atoms with van der Waals surface area (Å²) in [7, 11) is 1.52. The van der Waals surface area contributed by atoms with Gasteiger partial charge in [-0.15, -0.1) is 10.2 Å². The first kappa shape index (κ1) is 21.2. The number of fused-ring (bicyclic) bond motifs is 1. The lowest BCUT2D eigenvalue weighted by molar-refractivity contribution is 0.297. The molecule has 32 heavy (non-hydrogen) atoms. The standard InChI is InChI=1S/C22H21FN6O3/c1-12-8-19(32-27-12)15-10-17(23)21-26-25-20(29(21)11-15)14(3)28-7-6-18(24-4)16(22(28)30)9-13(2)31-5/h6-11,14H,4H2,1-3,5H3/b13-9+/t14-/m1/s1. The maximum atomic E-state index is 14.7. The van der Waals surface area contributed by atoms with Crippen molar-refractivity contribution in [1.29, 1.82) is 0 Å². The SMILES string of the molecule is C=Nc1ccn([C@H](C)c2nnc3c(F)cc(-c4cc(C)no4)cn23)c(=O)c1/C=C(\C)OC. The Kier molecular flexibility index (Phi) is 5.43. The van der Waals surface area contributed by atoms with Crippen LogP contribution in [0.4, 0.5) is 10.1 Å². The molecule has 0 bridgehead atoms. The molecule has 4 aromatic rings. The summed E-state index contributed by atoms with van der Waals surface area (Å²) in [6.07, 6.45) is 4.85. The first-order chi connectivity index (χ1) is 15.3. The minimum Gasteiger partial charge on any atom is -0.501 e. The molecule has 1 atom stereocenters. The van der Waals surface area contributed by atoms with Crippen LogP contribution in [-0.2, 0) is 4.74 Å². The predicted molar refractivity (Wildman–Crippen MR) is 118 cm³/mol. The van der Waals surface area contributed by atoms with E-state index in [4.69, 9.17) is 9.26 Å². The molecule has 0 aliphatic rings. The zero-order chi connectivity index (χ0) is 23.0. The molecule has 0 saturated heterocycles. The second-order valence-corrected chi connectivity index (χ2v) is 7.28. The highest BCUT2D eigenvalue weighted by atomic mass is 19.1. The number of rotatable bonds is 6. The summed E-state index contributed by atoms with van der Waals surface area (Å²) in [5.41, 5.74) is 1.62. The predicted octanol–water partition coefficient (Wildman–Crippen LogP) is 3.94. The average Bonchev–Trinajstić information content (AvgIpc) is 3.41. The minimum atomic E-state index is -0.572. The molecule has 0 unspecified atom stereocenters. The third kappa shape index (κ3) is 3.59. The molecule has 0 spiro atoms. The van der Waals surface area contributed by atoms with Gasteiger partial charge in [-0.05, 0) is 45.7 Å². The molecule has 0 N–H and O–H groups in total. The average molecular weight is 436 g/mol. The van der Waals surface area contributed by atoms with E-state index in [9.17, 15) is 9.18 Å². The van der Waals surface area contributed by atoms with E-state index < -0.39 is 11.9 Å². The van der Waals surface area contributed by atoms with Gasteiger partial charge in [-0.2, -0.15) is 0 Å². The molecule has 0 radical (unpaired) electrons. The summed E-state index contributed by atoms with van der Waals surface area (Å²) in [6.45, 7) is 8.82. The molecular weight excluding hydrogens is 415 g/mol. The van der Waals surface area contributed by atoms with E-state index in [2.05, 4.69) is 27.1 Å². The number of hydrogen-bond acceptors (Lipinski definition) is 7. The Morgan fingerprint density at radius 3 is 2.81 bits per heavy atom. The number of aryl methyl sites for hydroxylation is 1. The van der Waals surface area contributed by atoms with E-state index in [1.807, 2.05) is 0 Å². The van der Waals surface area contributed by atoms with Gasteiger partial charge >= 0.3 is 0 Å². The zero-order valence-electron chi connectivity index (χ0n) is 18.0. The van der Waals surface area contributed by atoms with Crippen LogP contribution in [0.5, 0.6) is 0 Å². The van der Waals surface area contributed by atoms with Gasteiger partial charge in [0.15, 0.2) is 23.0 Å². The highest BCUT2D eigenvalue weighted by molar-refractivity contribution is 5.65. The number of aromatic nitrogens is 5. The lowest BCUT2D eigenvalue weighted by Gasteiger charge is -2.15. The van der Waals surface area contributed by atoms with Crippen molar-refractivity contribution in [2.75, 3.05) is 7.11 Å². The smallest absolute Gasteiger partial charge is 0.260 e. The molecule has 4 aromatic heterocycles. The fourth-order valence-electron chi connectivity index (χ4n) is 3.41. The third-order valence-electron chi connectivity index (χ3n) is 5.16. The molecule has 164 valence electrons. The third-order valence-corrected chi connectivity index (χ3v) is 5.16. The number of pyridine rings is 2. The van der Waals surface area contributed by atoms with Crippen LogP contribution in [0.25, 0.3) is 23.0 Å². The van der Waals surface area contributed by atoms with Crippen LogP contribution in [0.2, 0.25) is 0 Å². The topological polar surface area (TPSA) is 99.8 Å². The summed E-state index contributed by atoms with van der Waals surface area (Å²) in [4.78, 5) is 17.2. The van der Waals surface area contributed by atoms with Gasteiger partial charge in [0.2, 0.25) is 0 Å². The van der Waals surface area contributed by atoms with E-state index in [-0.39, 0.29) is 11.2 Å². The van der Waals surface area contributed by atoms with Crippen molar-refractivity contribution >= 4 is 24.1 Å². The molecule has 0 aromatic carbocycles. The number of methoxy groups -OCH3 is 1. The number of hydrogen-bond donors (Lipinski definition) is 0. The van der Waals surface area contributed by atoms with Gasteiger partial charge in [-0.1, -0.05) is 5.16 Å². The monoisotopic (exact) mass is 436 g/mol. The summed E-state index contributed by atoms with van der Waals surface area (Å²) in [6, 6.07) is 4.12. The number of aliphatic imine (C=N–C) groups is 1. The zero-order valence-corrected chi connectivity index (χ0v) is 18.0. The molecule has 9 nitrogen and oxygen atoms in total. The Balaban J connectivity index is 1.87. The van der Waals surface area contributed by atoms with Crippen molar-refractivity contribution in [3.63, 3.8) is 0 Å². The summed E-state index contributed by atoms with van der Waals surface area (Å²) >= 11 is 0.